The summed E-state index contributed by atoms with van der Waals surface area (Å²) in [4.78, 5) is 32.0. The fourth-order valence-corrected chi connectivity index (χ4v) is 3.67. The third kappa shape index (κ3) is 5.67. The van der Waals surface area contributed by atoms with Gasteiger partial charge in [-0.25, -0.2) is 9.78 Å². The molecular weight excluding hydrogens is 340 g/mol. The van der Waals surface area contributed by atoms with Gasteiger partial charge in [0.15, 0.2) is 5.13 Å². The summed E-state index contributed by atoms with van der Waals surface area (Å²) in [6, 6.07) is 0.393. The predicted octanol–water partition coefficient (Wildman–Crippen LogP) is 2.93. The molecule has 1 saturated heterocycles. The summed E-state index contributed by atoms with van der Waals surface area (Å²) in [6.07, 6.45) is -0.257. The first kappa shape index (κ1) is 19.7. The minimum Gasteiger partial charge on any atom is -0.444 e. The van der Waals surface area contributed by atoms with Crippen LogP contribution in [0.25, 0.3) is 0 Å². The van der Waals surface area contributed by atoms with Crippen LogP contribution in [0.15, 0.2) is 5.38 Å². The third-order valence-corrected chi connectivity index (χ3v) is 4.74. The van der Waals surface area contributed by atoms with E-state index in [0.29, 0.717) is 24.8 Å². The number of hydrogen-bond acceptors (Lipinski definition) is 6. The second-order valence-corrected chi connectivity index (χ2v) is 8.44. The van der Waals surface area contributed by atoms with Crippen LogP contribution in [0, 0.1) is 0 Å². The summed E-state index contributed by atoms with van der Waals surface area (Å²) in [5, 5.41) is 5.29. The lowest BCUT2D eigenvalue weighted by Gasteiger charge is -2.44. The zero-order valence-electron chi connectivity index (χ0n) is 15.8. The van der Waals surface area contributed by atoms with Crippen molar-refractivity contribution in [1.29, 1.82) is 0 Å². The lowest BCUT2D eigenvalue weighted by Crippen LogP contribution is -2.58. The number of thiazole rings is 1. The van der Waals surface area contributed by atoms with Crippen molar-refractivity contribution in [2.75, 3.05) is 18.4 Å². The first-order valence-electron chi connectivity index (χ1n) is 8.51. The fourth-order valence-electron chi connectivity index (χ4n) is 2.92. The predicted molar refractivity (Wildman–Crippen MR) is 98.7 cm³/mol. The Labute approximate surface area is 153 Å². The lowest BCUT2D eigenvalue weighted by molar-refractivity contribution is -0.114. The zero-order chi connectivity index (χ0) is 18.8. The number of nitrogens with one attached hydrogen (secondary N) is 1. The van der Waals surface area contributed by atoms with Gasteiger partial charge in [-0.05, 0) is 34.6 Å². The summed E-state index contributed by atoms with van der Waals surface area (Å²) in [5.74, 6) is -0.117. The number of carbonyl (C=O) groups is 2. The molecule has 140 valence electrons. The van der Waals surface area contributed by atoms with Gasteiger partial charge in [-0.2, -0.15) is 0 Å². The van der Waals surface area contributed by atoms with Crippen molar-refractivity contribution in [3.8, 4) is 0 Å². The van der Waals surface area contributed by atoms with E-state index in [2.05, 4.69) is 29.0 Å². The van der Waals surface area contributed by atoms with Crippen LogP contribution >= 0.6 is 11.3 Å². The van der Waals surface area contributed by atoms with Gasteiger partial charge in [0.2, 0.25) is 5.91 Å². The first-order chi connectivity index (χ1) is 11.5. The van der Waals surface area contributed by atoms with E-state index in [1.807, 2.05) is 26.2 Å². The van der Waals surface area contributed by atoms with Gasteiger partial charge in [-0.1, -0.05) is 0 Å². The standard InChI is InChI=1S/C17H28N4O3S/c1-11-7-20(16(23)24-17(4,5)6)8-12(2)21(11)9-14-10-25-15(19-14)18-13(3)22/h10-12H,7-9H2,1-6H3,(H,18,19,22)/t11-,12+. The third-order valence-electron chi connectivity index (χ3n) is 3.93. The van der Waals surface area contributed by atoms with Crippen molar-refractivity contribution in [2.24, 2.45) is 0 Å². The molecule has 0 unspecified atom stereocenters. The van der Waals surface area contributed by atoms with Crippen LogP contribution in [0.2, 0.25) is 0 Å². The van der Waals surface area contributed by atoms with Crippen molar-refractivity contribution in [3.63, 3.8) is 0 Å². The van der Waals surface area contributed by atoms with Crippen LogP contribution in [-0.2, 0) is 16.1 Å². The molecule has 2 amide bonds. The van der Waals surface area contributed by atoms with Crippen molar-refractivity contribution >= 4 is 28.5 Å². The smallest absolute Gasteiger partial charge is 0.410 e. The van der Waals surface area contributed by atoms with Crippen LogP contribution in [0.5, 0.6) is 0 Å². The molecule has 2 atom stereocenters. The summed E-state index contributed by atoms with van der Waals surface area (Å²) in [5.41, 5.74) is 0.444. The maximum absolute atomic E-state index is 12.3. The van der Waals surface area contributed by atoms with Gasteiger partial charge < -0.3 is 15.0 Å². The second kappa shape index (κ2) is 7.70. The molecule has 8 heteroatoms. The molecule has 1 fully saturated rings. The Morgan fingerprint density at radius 1 is 1.32 bits per heavy atom. The number of aromatic nitrogens is 1. The summed E-state index contributed by atoms with van der Waals surface area (Å²) in [7, 11) is 0. The molecular formula is C17H28N4O3S. The number of amides is 2. The van der Waals surface area contributed by atoms with E-state index in [4.69, 9.17) is 4.74 Å². The number of piperazine rings is 1. The quantitative estimate of drug-likeness (QED) is 0.888. The van der Waals surface area contributed by atoms with Gasteiger partial charge in [0.05, 0.1) is 5.69 Å². The van der Waals surface area contributed by atoms with Crippen LogP contribution in [0.3, 0.4) is 0 Å². The molecule has 1 aromatic rings. The maximum Gasteiger partial charge on any atom is 0.410 e. The number of ether oxygens (including phenoxy) is 1. The van der Waals surface area contributed by atoms with Crippen molar-refractivity contribution < 1.29 is 14.3 Å². The molecule has 7 nitrogen and oxygen atoms in total. The Hall–Kier alpha value is -1.67. The van der Waals surface area contributed by atoms with Crippen molar-refractivity contribution in [2.45, 2.75) is 65.8 Å². The number of anilines is 1. The second-order valence-electron chi connectivity index (χ2n) is 7.58. The van der Waals surface area contributed by atoms with Gasteiger partial charge in [0, 0.05) is 44.0 Å². The molecule has 0 aromatic carbocycles. The molecule has 0 bridgehead atoms. The largest absolute Gasteiger partial charge is 0.444 e. The molecule has 0 spiro atoms. The topological polar surface area (TPSA) is 74.8 Å². The maximum atomic E-state index is 12.3. The van der Waals surface area contributed by atoms with E-state index < -0.39 is 5.60 Å². The van der Waals surface area contributed by atoms with Gasteiger partial charge in [0.25, 0.3) is 0 Å². The van der Waals surface area contributed by atoms with E-state index in [-0.39, 0.29) is 24.1 Å². The number of nitrogens with zero attached hydrogens (tertiary/aromatic N) is 3. The number of carbonyl (C=O) groups excluding carboxylic acids is 2. The Balaban J connectivity index is 1.97. The summed E-state index contributed by atoms with van der Waals surface area (Å²) < 4.78 is 5.49. The average molecular weight is 369 g/mol. The molecule has 2 heterocycles. The molecule has 1 aromatic heterocycles. The Morgan fingerprint density at radius 2 is 1.92 bits per heavy atom. The van der Waals surface area contributed by atoms with Crippen molar-refractivity contribution in [3.05, 3.63) is 11.1 Å². The highest BCUT2D eigenvalue weighted by Crippen LogP contribution is 2.23. The molecule has 1 aliphatic heterocycles. The van der Waals surface area contributed by atoms with Crippen LogP contribution in [-0.4, -0.2) is 57.6 Å². The Bertz CT molecular complexity index is 614. The molecule has 0 radical (unpaired) electrons. The minimum absolute atomic E-state index is 0.117. The summed E-state index contributed by atoms with van der Waals surface area (Å²) >= 11 is 1.43. The van der Waals surface area contributed by atoms with E-state index in [9.17, 15) is 9.59 Å². The molecule has 2 rings (SSSR count). The highest BCUT2D eigenvalue weighted by Gasteiger charge is 2.34. The molecule has 1 N–H and O–H groups in total. The van der Waals surface area contributed by atoms with E-state index in [1.165, 1.54) is 18.3 Å². The van der Waals surface area contributed by atoms with Gasteiger partial charge in [-0.15, -0.1) is 11.3 Å². The van der Waals surface area contributed by atoms with Crippen molar-refractivity contribution in [1.82, 2.24) is 14.8 Å². The first-order valence-corrected chi connectivity index (χ1v) is 9.39. The zero-order valence-corrected chi connectivity index (χ0v) is 16.6. The monoisotopic (exact) mass is 368 g/mol. The molecule has 0 aliphatic carbocycles. The molecule has 25 heavy (non-hydrogen) atoms. The fraction of sp³-hybridized carbons (Fsp3) is 0.706. The van der Waals surface area contributed by atoms with Gasteiger partial charge >= 0.3 is 6.09 Å². The summed E-state index contributed by atoms with van der Waals surface area (Å²) in [6.45, 7) is 13.3. The van der Waals surface area contributed by atoms with Crippen LogP contribution in [0.4, 0.5) is 9.93 Å². The van der Waals surface area contributed by atoms with E-state index in [1.54, 1.807) is 4.90 Å². The van der Waals surface area contributed by atoms with Gasteiger partial charge in [0.1, 0.15) is 5.60 Å². The van der Waals surface area contributed by atoms with Crippen LogP contribution in [0.1, 0.15) is 47.2 Å². The number of rotatable bonds is 3. The minimum atomic E-state index is -0.485. The average Bonchev–Trinajstić information content (AvgIpc) is 2.87. The SMILES string of the molecule is CC(=O)Nc1nc(CN2[C@H](C)CN(C(=O)OC(C)(C)C)C[C@@H]2C)cs1. The van der Waals surface area contributed by atoms with Crippen LogP contribution < -0.4 is 5.32 Å². The highest BCUT2D eigenvalue weighted by molar-refractivity contribution is 7.13. The molecule has 1 aliphatic rings. The number of hydrogen-bond donors (Lipinski definition) is 1. The highest BCUT2D eigenvalue weighted by atomic mass is 32.1. The normalized spacial score (nSPS) is 21.9. The van der Waals surface area contributed by atoms with E-state index >= 15 is 0 Å². The molecule has 0 saturated carbocycles. The van der Waals surface area contributed by atoms with E-state index in [0.717, 1.165) is 5.69 Å². The van der Waals surface area contributed by atoms with Gasteiger partial charge in [-0.3, -0.25) is 9.69 Å². The Kier molecular flexibility index (Phi) is 6.05. The lowest BCUT2D eigenvalue weighted by atomic mass is 10.1. The Morgan fingerprint density at radius 3 is 2.44 bits per heavy atom.